The van der Waals surface area contributed by atoms with Gasteiger partial charge < -0.3 is 14.6 Å². The largest absolute Gasteiger partial charge is 0.491 e. The third kappa shape index (κ3) is 4.83. The van der Waals surface area contributed by atoms with Crippen LogP contribution in [-0.2, 0) is 11.3 Å². The summed E-state index contributed by atoms with van der Waals surface area (Å²) < 4.78 is 11.3. The lowest BCUT2D eigenvalue weighted by atomic mass is 9.95. The highest BCUT2D eigenvalue weighted by Crippen LogP contribution is 2.37. The highest BCUT2D eigenvalue weighted by atomic mass is 16.5. The van der Waals surface area contributed by atoms with Gasteiger partial charge in [-0.3, -0.25) is 0 Å². The zero-order chi connectivity index (χ0) is 16.6. The Morgan fingerprint density at radius 1 is 0.917 bits per heavy atom. The van der Waals surface area contributed by atoms with Crippen LogP contribution in [0.1, 0.15) is 36.3 Å². The molecule has 2 aromatic carbocycles. The zero-order valence-electron chi connectivity index (χ0n) is 14.1. The summed E-state index contributed by atoms with van der Waals surface area (Å²) in [4.78, 5) is 0. The van der Waals surface area contributed by atoms with Crippen molar-refractivity contribution in [2.24, 2.45) is 5.92 Å². The van der Waals surface area contributed by atoms with Crippen molar-refractivity contribution in [2.75, 3.05) is 19.8 Å². The summed E-state index contributed by atoms with van der Waals surface area (Å²) in [7, 11) is 0. The molecule has 0 bridgehead atoms. The molecule has 1 saturated carbocycles. The van der Waals surface area contributed by atoms with Gasteiger partial charge in [-0.2, -0.15) is 0 Å². The standard InChI is InChI=1S/C21H26O3/c22-15-18-8-11-20(14-18)19-9-6-17(7-10-19)16-23-12-13-24-21-4-2-1-3-5-21/h1-7,9-10,18,20,22H,8,11-16H2/t18-,20+/m0/s1. The van der Waals surface area contributed by atoms with Crippen LogP contribution in [-0.4, -0.2) is 24.9 Å². The third-order valence-corrected chi connectivity index (χ3v) is 4.76. The number of hydrogen-bond acceptors (Lipinski definition) is 3. The van der Waals surface area contributed by atoms with Crippen LogP contribution in [0.25, 0.3) is 0 Å². The molecule has 3 heteroatoms. The van der Waals surface area contributed by atoms with Crippen molar-refractivity contribution in [3.8, 4) is 5.75 Å². The van der Waals surface area contributed by atoms with Crippen LogP contribution in [0.5, 0.6) is 5.75 Å². The Bertz CT molecular complexity index is 594. The number of aliphatic hydroxyl groups excluding tert-OH is 1. The van der Waals surface area contributed by atoms with Crippen LogP contribution in [0, 0.1) is 5.92 Å². The molecular weight excluding hydrogens is 300 g/mol. The highest BCUT2D eigenvalue weighted by molar-refractivity contribution is 5.26. The first-order chi connectivity index (χ1) is 11.8. The average Bonchev–Trinajstić information content (AvgIpc) is 3.12. The number of ether oxygens (including phenoxy) is 2. The predicted molar refractivity (Wildman–Crippen MR) is 95.2 cm³/mol. The van der Waals surface area contributed by atoms with Crippen LogP contribution in [0.4, 0.5) is 0 Å². The molecule has 0 saturated heterocycles. The second-order valence-electron chi connectivity index (χ2n) is 6.51. The Kier molecular flexibility index (Phi) is 6.27. The van der Waals surface area contributed by atoms with Gasteiger partial charge in [-0.15, -0.1) is 0 Å². The molecule has 2 aromatic rings. The molecule has 1 aliphatic carbocycles. The molecule has 3 rings (SSSR count). The van der Waals surface area contributed by atoms with E-state index in [1.54, 1.807) is 0 Å². The summed E-state index contributed by atoms with van der Waals surface area (Å²) >= 11 is 0. The SMILES string of the molecule is OC[C@H]1CC[C@@H](c2ccc(COCCOc3ccccc3)cc2)C1. The van der Waals surface area contributed by atoms with Crippen LogP contribution in [0.2, 0.25) is 0 Å². The summed E-state index contributed by atoms with van der Waals surface area (Å²) in [6, 6.07) is 18.5. The topological polar surface area (TPSA) is 38.7 Å². The number of aliphatic hydroxyl groups is 1. The van der Waals surface area contributed by atoms with E-state index >= 15 is 0 Å². The van der Waals surface area contributed by atoms with E-state index in [1.165, 1.54) is 17.5 Å². The van der Waals surface area contributed by atoms with Gasteiger partial charge in [0.2, 0.25) is 0 Å². The van der Waals surface area contributed by atoms with E-state index in [-0.39, 0.29) is 0 Å². The summed E-state index contributed by atoms with van der Waals surface area (Å²) in [5.74, 6) is 1.97. The van der Waals surface area contributed by atoms with Gasteiger partial charge in [0.1, 0.15) is 12.4 Å². The van der Waals surface area contributed by atoms with E-state index in [9.17, 15) is 5.11 Å². The van der Waals surface area contributed by atoms with E-state index < -0.39 is 0 Å². The second kappa shape index (κ2) is 8.86. The Morgan fingerprint density at radius 3 is 2.42 bits per heavy atom. The van der Waals surface area contributed by atoms with Crippen LogP contribution >= 0.6 is 0 Å². The number of hydrogen-bond donors (Lipinski definition) is 1. The quantitative estimate of drug-likeness (QED) is 0.740. The maximum Gasteiger partial charge on any atom is 0.119 e. The van der Waals surface area contributed by atoms with Gasteiger partial charge in [0, 0.05) is 6.61 Å². The molecule has 24 heavy (non-hydrogen) atoms. The van der Waals surface area contributed by atoms with Crippen LogP contribution in [0.15, 0.2) is 54.6 Å². The van der Waals surface area contributed by atoms with Crippen molar-refractivity contribution < 1.29 is 14.6 Å². The number of benzene rings is 2. The summed E-state index contributed by atoms with van der Waals surface area (Å²) in [6.45, 7) is 2.08. The molecular formula is C21H26O3. The van der Waals surface area contributed by atoms with Gasteiger partial charge in [-0.1, -0.05) is 42.5 Å². The van der Waals surface area contributed by atoms with Gasteiger partial charge in [0.05, 0.1) is 13.2 Å². The minimum Gasteiger partial charge on any atom is -0.491 e. The molecule has 0 aliphatic heterocycles. The highest BCUT2D eigenvalue weighted by Gasteiger charge is 2.24. The third-order valence-electron chi connectivity index (χ3n) is 4.76. The van der Waals surface area contributed by atoms with E-state index in [0.717, 1.165) is 18.6 Å². The Morgan fingerprint density at radius 2 is 1.71 bits per heavy atom. The van der Waals surface area contributed by atoms with E-state index in [4.69, 9.17) is 9.47 Å². The first-order valence-electron chi connectivity index (χ1n) is 8.80. The number of para-hydroxylation sites is 1. The normalized spacial score (nSPS) is 20.2. The Labute approximate surface area is 144 Å². The minimum absolute atomic E-state index is 0.327. The van der Waals surface area contributed by atoms with Gasteiger partial charge in [-0.05, 0) is 54.4 Å². The van der Waals surface area contributed by atoms with Crippen molar-refractivity contribution in [1.29, 1.82) is 0 Å². The van der Waals surface area contributed by atoms with Crippen LogP contribution in [0.3, 0.4) is 0 Å². The van der Waals surface area contributed by atoms with Crippen molar-refractivity contribution >= 4 is 0 Å². The average molecular weight is 326 g/mol. The second-order valence-corrected chi connectivity index (χ2v) is 6.51. The molecule has 0 heterocycles. The monoisotopic (exact) mass is 326 g/mol. The minimum atomic E-state index is 0.327. The zero-order valence-corrected chi connectivity index (χ0v) is 14.1. The summed E-state index contributed by atoms with van der Waals surface area (Å²) in [5.41, 5.74) is 2.58. The van der Waals surface area contributed by atoms with Crippen molar-refractivity contribution in [2.45, 2.75) is 31.8 Å². The van der Waals surface area contributed by atoms with Crippen molar-refractivity contribution in [3.63, 3.8) is 0 Å². The van der Waals surface area contributed by atoms with E-state index in [2.05, 4.69) is 24.3 Å². The lowest BCUT2D eigenvalue weighted by Gasteiger charge is -2.12. The first kappa shape index (κ1) is 17.0. The molecule has 2 atom stereocenters. The van der Waals surface area contributed by atoms with E-state index in [0.29, 0.717) is 38.3 Å². The van der Waals surface area contributed by atoms with Crippen molar-refractivity contribution in [3.05, 3.63) is 65.7 Å². The molecule has 0 spiro atoms. The van der Waals surface area contributed by atoms with Gasteiger partial charge >= 0.3 is 0 Å². The lowest BCUT2D eigenvalue weighted by molar-refractivity contribution is 0.0889. The Balaban J connectivity index is 1.37. The maximum absolute atomic E-state index is 9.26. The molecule has 1 N–H and O–H groups in total. The molecule has 0 aromatic heterocycles. The molecule has 0 radical (unpaired) electrons. The summed E-state index contributed by atoms with van der Waals surface area (Å²) in [5, 5.41) is 9.26. The molecule has 1 fully saturated rings. The fourth-order valence-electron chi connectivity index (χ4n) is 3.35. The smallest absolute Gasteiger partial charge is 0.119 e. The summed E-state index contributed by atoms with van der Waals surface area (Å²) in [6.07, 6.45) is 3.45. The molecule has 0 unspecified atom stereocenters. The van der Waals surface area contributed by atoms with Crippen LogP contribution < -0.4 is 4.74 Å². The fourth-order valence-corrected chi connectivity index (χ4v) is 3.35. The fraction of sp³-hybridized carbons (Fsp3) is 0.429. The molecule has 128 valence electrons. The molecule has 3 nitrogen and oxygen atoms in total. The van der Waals surface area contributed by atoms with E-state index in [1.807, 2.05) is 30.3 Å². The predicted octanol–water partition coefficient (Wildman–Crippen LogP) is 4.16. The Hall–Kier alpha value is -1.84. The molecule has 0 amide bonds. The molecule has 1 aliphatic rings. The lowest BCUT2D eigenvalue weighted by Crippen LogP contribution is -2.06. The van der Waals surface area contributed by atoms with Crippen molar-refractivity contribution in [1.82, 2.24) is 0 Å². The van der Waals surface area contributed by atoms with Gasteiger partial charge in [-0.25, -0.2) is 0 Å². The number of rotatable bonds is 8. The van der Waals surface area contributed by atoms with Gasteiger partial charge in [0.15, 0.2) is 0 Å². The maximum atomic E-state index is 9.26. The first-order valence-corrected chi connectivity index (χ1v) is 8.80. The van der Waals surface area contributed by atoms with Gasteiger partial charge in [0.25, 0.3) is 0 Å².